The molecule has 1 heterocycles. The van der Waals surface area contributed by atoms with Gasteiger partial charge in [-0.25, -0.2) is 14.5 Å². The first kappa shape index (κ1) is 12.7. The van der Waals surface area contributed by atoms with Gasteiger partial charge in [-0.1, -0.05) is 6.07 Å². The molecule has 0 unspecified atom stereocenters. The van der Waals surface area contributed by atoms with Gasteiger partial charge in [0.25, 0.3) is 0 Å². The molecule has 0 aliphatic carbocycles. The molecule has 1 rings (SSSR count). The molecule has 0 fully saturated rings. The van der Waals surface area contributed by atoms with E-state index in [1.165, 1.54) is 0 Å². The molecule has 0 bridgehead atoms. The predicted molar refractivity (Wildman–Crippen MR) is 58.9 cm³/mol. The van der Waals surface area contributed by atoms with Crippen LogP contribution < -0.4 is 5.90 Å². The second kappa shape index (κ2) is 7.16. The van der Waals surface area contributed by atoms with Crippen LogP contribution >= 0.6 is 25.7 Å². The van der Waals surface area contributed by atoms with E-state index < -0.39 is 0 Å². The van der Waals surface area contributed by atoms with Gasteiger partial charge in [0.15, 0.2) is 0 Å². The van der Waals surface area contributed by atoms with Crippen molar-refractivity contribution < 1.29 is 4.28 Å². The highest BCUT2D eigenvalue weighted by atomic mass is 32.2. The second-order valence-electron chi connectivity index (χ2n) is 2.32. The van der Waals surface area contributed by atoms with Gasteiger partial charge in [-0.05, 0) is 11.6 Å². The summed E-state index contributed by atoms with van der Waals surface area (Å²) in [6.45, 7) is 0.760. The Morgan fingerprint density at radius 1 is 1.69 bits per heavy atom. The van der Waals surface area contributed by atoms with Crippen molar-refractivity contribution in [1.82, 2.24) is 9.29 Å². The van der Waals surface area contributed by atoms with Gasteiger partial charge in [0, 0.05) is 26.0 Å². The monoisotopic (exact) mass is 219 g/mol. The molecule has 1 aromatic rings. The lowest BCUT2D eigenvalue weighted by Crippen LogP contribution is -2.10. The lowest BCUT2D eigenvalue weighted by atomic mass is 10.3. The molecule has 0 aliphatic heterocycles. The van der Waals surface area contributed by atoms with Crippen molar-refractivity contribution in [1.29, 1.82) is 0 Å². The number of pyridine rings is 1. The fourth-order valence-electron chi connectivity index (χ4n) is 0.849. The van der Waals surface area contributed by atoms with Crippen LogP contribution in [0.25, 0.3) is 0 Å². The van der Waals surface area contributed by atoms with Crippen LogP contribution in [0.2, 0.25) is 0 Å². The third kappa shape index (κ3) is 5.12. The molecular formula is C7H13N3OS2. The minimum atomic E-state index is 0. The summed E-state index contributed by atoms with van der Waals surface area (Å²) in [6, 6.07) is 3.90. The largest absolute Gasteiger partial charge is 0.264 e. The Bertz CT molecular complexity index is 222. The van der Waals surface area contributed by atoms with Gasteiger partial charge in [-0.2, -0.15) is 13.5 Å². The van der Waals surface area contributed by atoms with Gasteiger partial charge in [-0.15, -0.1) is 0 Å². The molecule has 0 spiro atoms. The Morgan fingerprint density at radius 3 is 3.00 bits per heavy atom. The number of rotatable bonds is 4. The molecule has 13 heavy (non-hydrogen) atoms. The van der Waals surface area contributed by atoms with Crippen LogP contribution in [0.5, 0.6) is 0 Å². The Balaban J connectivity index is 0.00000144. The predicted octanol–water partition coefficient (Wildman–Crippen LogP) is 1.08. The fourth-order valence-corrected chi connectivity index (χ4v) is 1.20. The van der Waals surface area contributed by atoms with E-state index in [-0.39, 0.29) is 13.5 Å². The molecule has 0 amide bonds. The molecule has 0 saturated heterocycles. The van der Waals surface area contributed by atoms with Gasteiger partial charge in [0.2, 0.25) is 0 Å². The van der Waals surface area contributed by atoms with E-state index in [4.69, 9.17) is 5.90 Å². The highest BCUT2D eigenvalue weighted by Crippen LogP contribution is 2.09. The summed E-state index contributed by atoms with van der Waals surface area (Å²) in [6.07, 6.45) is 3.56. The Kier molecular flexibility index (Phi) is 7.02. The first-order chi connectivity index (χ1) is 5.83. The summed E-state index contributed by atoms with van der Waals surface area (Å²) < 4.78 is 6.27. The van der Waals surface area contributed by atoms with E-state index in [2.05, 4.69) is 9.27 Å². The molecule has 6 heteroatoms. The van der Waals surface area contributed by atoms with Crippen LogP contribution in [0.15, 0.2) is 24.5 Å². The molecular weight excluding hydrogens is 206 g/mol. The molecule has 4 nitrogen and oxygen atoms in total. The Labute approximate surface area is 89.2 Å². The van der Waals surface area contributed by atoms with Gasteiger partial charge < -0.3 is 0 Å². The van der Waals surface area contributed by atoms with Gasteiger partial charge in [-0.3, -0.25) is 4.98 Å². The van der Waals surface area contributed by atoms with Crippen LogP contribution in [-0.2, 0) is 10.8 Å². The lowest BCUT2D eigenvalue weighted by Gasteiger charge is -2.11. The fraction of sp³-hybridized carbons (Fsp3) is 0.286. The number of hydrogen-bond acceptors (Lipinski definition) is 5. The van der Waals surface area contributed by atoms with E-state index in [1.807, 2.05) is 29.7 Å². The lowest BCUT2D eigenvalue weighted by molar-refractivity contribution is 0.364. The van der Waals surface area contributed by atoms with Crippen LogP contribution in [0, 0.1) is 0 Å². The maximum atomic E-state index is 4.89. The van der Waals surface area contributed by atoms with Crippen molar-refractivity contribution in [3.8, 4) is 0 Å². The standard InChI is InChI=1S/C7H11N3OS.H2S/c1-10(12-11-8)6-7-3-2-4-9-5-7;/h2-5H,6,8H2,1H3;1H2. The number of nitrogens with zero attached hydrogens (tertiary/aromatic N) is 2. The van der Waals surface area contributed by atoms with Crippen molar-refractivity contribution in [3.63, 3.8) is 0 Å². The summed E-state index contributed by atoms with van der Waals surface area (Å²) in [4.78, 5) is 3.99. The third-order valence-corrected chi connectivity index (χ3v) is 1.77. The molecule has 0 atom stereocenters. The van der Waals surface area contributed by atoms with E-state index in [0.29, 0.717) is 0 Å². The Morgan fingerprint density at radius 2 is 2.46 bits per heavy atom. The molecule has 0 saturated carbocycles. The minimum absolute atomic E-state index is 0. The number of aromatic nitrogens is 1. The highest BCUT2D eigenvalue weighted by Gasteiger charge is 1.99. The molecule has 0 radical (unpaired) electrons. The first-order valence-electron chi connectivity index (χ1n) is 3.46. The molecule has 0 aliphatic rings. The van der Waals surface area contributed by atoms with Crippen molar-refractivity contribution in [2.75, 3.05) is 7.05 Å². The zero-order valence-electron chi connectivity index (χ0n) is 7.30. The van der Waals surface area contributed by atoms with E-state index >= 15 is 0 Å². The average Bonchev–Trinajstić information content (AvgIpc) is 2.06. The summed E-state index contributed by atoms with van der Waals surface area (Å²) in [7, 11) is 1.89. The molecule has 74 valence electrons. The summed E-state index contributed by atoms with van der Waals surface area (Å²) in [5, 5.41) is 0. The first-order valence-corrected chi connectivity index (χ1v) is 4.16. The van der Waals surface area contributed by atoms with Crippen LogP contribution in [0.4, 0.5) is 0 Å². The zero-order chi connectivity index (χ0) is 8.81. The van der Waals surface area contributed by atoms with Crippen molar-refractivity contribution in [2.24, 2.45) is 5.90 Å². The maximum absolute atomic E-state index is 4.89. The third-order valence-electron chi connectivity index (χ3n) is 1.30. The van der Waals surface area contributed by atoms with E-state index in [0.717, 1.165) is 24.3 Å². The van der Waals surface area contributed by atoms with E-state index in [9.17, 15) is 0 Å². The van der Waals surface area contributed by atoms with Gasteiger partial charge in [0.05, 0.1) is 0 Å². The number of hydrogen-bond donors (Lipinski definition) is 1. The smallest absolute Gasteiger partial charge is 0.104 e. The van der Waals surface area contributed by atoms with Gasteiger partial charge >= 0.3 is 0 Å². The molecule has 0 aromatic carbocycles. The van der Waals surface area contributed by atoms with Crippen molar-refractivity contribution >= 4 is 25.7 Å². The maximum Gasteiger partial charge on any atom is 0.104 e. The van der Waals surface area contributed by atoms with Crippen molar-refractivity contribution in [3.05, 3.63) is 30.1 Å². The number of nitrogens with two attached hydrogens (primary N) is 1. The topological polar surface area (TPSA) is 51.4 Å². The second-order valence-corrected chi connectivity index (χ2v) is 3.28. The average molecular weight is 219 g/mol. The zero-order valence-corrected chi connectivity index (χ0v) is 9.12. The molecule has 2 N–H and O–H groups in total. The highest BCUT2D eigenvalue weighted by molar-refractivity contribution is 7.92. The van der Waals surface area contributed by atoms with Gasteiger partial charge in [0.1, 0.15) is 12.2 Å². The summed E-state index contributed by atoms with van der Waals surface area (Å²) in [5.74, 6) is 4.89. The Hall–Kier alpha value is -0.270. The van der Waals surface area contributed by atoms with Crippen LogP contribution in [-0.4, -0.2) is 16.3 Å². The van der Waals surface area contributed by atoms with E-state index in [1.54, 1.807) is 6.20 Å². The summed E-state index contributed by atoms with van der Waals surface area (Å²) in [5.41, 5.74) is 1.13. The normalized spacial score (nSPS) is 9.77. The van der Waals surface area contributed by atoms with Crippen LogP contribution in [0.1, 0.15) is 5.56 Å². The SMILES string of the molecule is CN(Cc1cccnc1)SON.S. The van der Waals surface area contributed by atoms with Crippen molar-refractivity contribution in [2.45, 2.75) is 6.54 Å². The van der Waals surface area contributed by atoms with Crippen LogP contribution in [0.3, 0.4) is 0 Å². The summed E-state index contributed by atoms with van der Waals surface area (Å²) >= 11 is 1.11. The minimum Gasteiger partial charge on any atom is -0.264 e. The molecule has 1 aromatic heterocycles. The quantitative estimate of drug-likeness (QED) is 0.466.